The number of piperidine rings is 1. The molecule has 0 radical (unpaired) electrons. The van der Waals surface area contributed by atoms with Crippen LogP contribution < -0.4 is 0 Å². The molecule has 1 saturated carbocycles. The number of fused-ring (bicyclic) bond motifs is 1. The van der Waals surface area contributed by atoms with E-state index >= 15 is 0 Å². The van der Waals surface area contributed by atoms with Crippen molar-refractivity contribution in [2.75, 3.05) is 13.7 Å². The molecule has 0 unspecified atom stereocenters. The molecule has 1 aliphatic carbocycles. The van der Waals surface area contributed by atoms with Gasteiger partial charge < -0.3 is 5.11 Å². The van der Waals surface area contributed by atoms with Gasteiger partial charge in [0.2, 0.25) is 0 Å². The van der Waals surface area contributed by atoms with E-state index in [1.165, 1.54) is 31.3 Å². The number of allylic oxidation sites excluding steroid dienone is 1. The number of likely N-dealkylation sites (tertiary alicyclic amines) is 1. The first-order valence-corrected chi connectivity index (χ1v) is 7.19. The Labute approximate surface area is 110 Å². The summed E-state index contributed by atoms with van der Waals surface area (Å²) in [6.07, 6.45) is 8.20. The Balaban J connectivity index is 2.16. The van der Waals surface area contributed by atoms with Crippen LogP contribution in [0.2, 0.25) is 0 Å². The van der Waals surface area contributed by atoms with E-state index in [4.69, 9.17) is 5.11 Å². The Bertz CT molecular complexity index is 337. The average molecular weight is 251 g/mol. The zero-order valence-electron chi connectivity index (χ0n) is 11.6. The molecule has 18 heavy (non-hydrogen) atoms. The molecule has 1 N–H and O–H groups in total. The minimum Gasteiger partial charge on any atom is -0.396 e. The lowest BCUT2D eigenvalue weighted by Crippen LogP contribution is -2.49. The van der Waals surface area contributed by atoms with E-state index in [0.29, 0.717) is 18.0 Å². The molecule has 0 aromatic heterocycles. The third-order valence-electron chi connectivity index (χ3n) is 4.66. The summed E-state index contributed by atoms with van der Waals surface area (Å²) in [4.78, 5) is 14.2. The Kier molecular flexibility index (Phi) is 4.57. The van der Waals surface area contributed by atoms with Crippen molar-refractivity contribution in [3.63, 3.8) is 0 Å². The van der Waals surface area contributed by atoms with E-state index in [1.807, 2.05) is 6.08 Å². The standard InChI is InChI=1S/C15H25NO2/c1-11-9-12(10-13(18)7-8-17)14-5-3-4-6-15(14)16(11)2/h10-11,14-15,17H,3-9H2,1-2H3/b12-10-/t11-,14+,15-/m0/s1. The van der Waals surface area contributed by atoms with Gasteiger partial charge in [0, 0.05) is 18.5 Å². The van der Waals surface area contributed by atoms with Crippen molar-refractivity contribution in [2.45, 2.75) is 57.5 Å². The van der Waals surface area contributed by atoms with Crippen LogP contribution in [-0.4, -0.2) is 41.5 Å². The number of aliphatic hydroxyl groups excluding tert-OH is 1. The van der Waals surface area contributed by atoms with E-state index in [-0.39, 0.29) is 18.8 Å². The van der Waals surface area contributed by atoms with E-state index in [1.54, 1.807) is 0 Å². The van der Waals surface area contributed by atoms with Gasteiger partial charge in [-0.2, -0.15) is 0 Å². The second-order valence-corrected chi connectivity index (χ2v) is 5.84. The first-order chi connectivity index (χ1) is 8.63. The third kappa shape index (κ3) is 2.83. The second-order valence-electron chi connectivity index (χ2n) is 5.84. The van der Waals surface area contributed by atoms with Gasteiger partial charge in [-0.3, -0.25) is 9.69 Å². The molecule has 1 heterocycles. The maximum absolute atomic E-state index is 11.7. The van der Waals surface area contributed by atoms with E-state index in [0.717, 1.165) is 6.42 Å². The summed E-state index contributed by atoms with van der Waals surface area (Å²) >= 11 is 0. The second kappa shape index (κ2) is 5.98. The Morgan fingerprint density at radius 2 is 2.17 bits per heavy atom. The summed E-state index contributed by atoms with van der Waals surface area (Å²) in [6, 6.07) is 1.15. The van der Waals surface area contributed by atoms with Gasteiger partial charge >= 0.3 is 0 Å². The largest absolute Gasteiger partial charge is 0.396 e. The van der Waals surface area contributed by atoms with Crippen LogP contribution in [-0.2, 0) is 4.79 Å². The third-order valence-corrected chi connectivity index (χ3v) is 4.66. The topological polar surface area (TPSA) is 40.5 Å². The molecule has 0 aromatic rings. The lowest BCUT2D eigenvalue weighted by molar-refractivity contribution is -0.115. The van der Waals surface area contributed by atoms with Crippen LogP contribution in [0.5, 0.6) is 0 Å². The molecule has 0 bridgehead atoms. The quantitative estimate of drug-likeness (QED) is 0.781. The zero-order valence-corrected chi connectivity index (χ0v) is 11.6. The van der Waals surface area contributed by atoms with Crippen LogP contribution in [0.1, 0.15) is 45.4 Å². The lowest BCUT2D eigenvalue weighted by atomic mass is 9.73. The van der Waals surface area contributed by atoms with Gasteiger partial charge in [-0.05, 0) is 45.2 Å². The number of carbonyl (C=O) groups is 1. The molecule has 1 saturated heterocycles. The number of nitrogens with zero attached hydrogens (tertiary/aromatic N) is 1. The fourth-order valence-corrected chi connectivity index (χ4v) is 3.55. The summed E-state index contributed by atoms with van der Waals surface area (Å²) in [5.74, 6) is 0.663. The Morgan fingerprint density at radius 1 is 1.44 bits per heavy atom. The number of ketones is 1. The summed E-state index contributed by atoms with van der Waals surface area (Å²) in [7, 11) is 2.22. The first kappa shape index (κ1) is 13.8. The summed E-state index contributed by atoms with van der Waals surface area (Å²) in [6.45, 7) is 2.21. The summed E-state index contributed by atoms with van der Waals surface area (Å²) in [5, 5.41) is 8.83. The smallest absolute Gasteiger partial charge is 0.157 e. The highest BCUT2D eigenvalue weighted by atomic mass is 16.3. The fourth-order valence-electron chi connectivity index (χ4n) is 3.55. The van der Waals surface area contributed by atoms with Gasteiger partial charge in [0.25, 0.3) is 0 Å². The number of carbonyl (C=O) groups excluding carboxylic acids is 1. The highest BCUT2D eigenvalue weighted by Gasteiger charge is 2.37. The van der Waals surface area contributed by atoms with Gasteiger partial charge in [-0.25, -0.2) is 0 Å². The molecule has 2 aliphatic rings. The van der Waals surface area contributed by atoms with Crippen LogP contribution in [0, 0.1) is 5.92 Å². The molecule has 2 fully saturated rings. The van der Waals surface area contributed by atoms with Gasteiger partial charge in [0.15, 0.2) is 5.78 Å². The number of rotatable bonds is 3. The van der Waals surface area contributed by atoms with Crippen LogP contribution in [0.25, 0.3) is 0 Å². The molecular weight excluding hydrogens is 226 g/mol. The molecular formula is C15H25NO2. The molecule has 3 atom stereocenters. The van der Waals surface area contributed by atoms with Crippen molar-refractivity contribution in [3.8, 4) is 0 Å². The predicted molar refractivity (Wildman–Crippen MR) is 72.4 cm³/mol. The molecule has 1 aliphatic heterocycles. The normalized spacial score (nSPS) is 35.5. The van der Waals surface area contributed by atoms with Crippen molar-refractivity contribution >= 4 is 5.78 Å². The highest BCUT2D eigenvalue weighted by molar-refractivity contribution is 5.90. The highest BCUT2D eigenvalue weighted by Crippen LogP contribution is 2.40. The predicted octanol–water partition coefficient (Wildman–Crippen LogP) is 2.15. The van der Waals surface area contributed by atoms with Crippen LogP contribution in [0.4, 0.5) is 0 Å². The van der Waals surface area contributed by atoms with Crippen LogP contribution in [0.15, 0.2) is 11.6 Å². The monoisotopic (exact) mass is 251 g/mol. The molecule has 3 nitrogen and oxygen atoms in total. The van der Waals surface area contributed by atoms with Crippen molar-refractivity contribution < 1.29 is 9.90 Å². The SMILES string of the molecule is C[C@H]1C/C(=C/C(=O)CCO)[C@H]2CCCC[C@@H]2N1C. The van der Waals surface area contributed by atoms with E-state index in [9.17, 15) is 4.79 Å². The molecule has 0 spiro atoms. The maximum Gasteiger partial charge on any atom is 0.157 e. The van der Waals surface area contributed by atoms with Gasteiger partial charge in [0.1, 0.15) is 0 Å². The average Bonchev–Trinajstić information content (AvgIpc) is 2.36. The summed E-state index contributed by atoms with van der Waals surface area (Å²) < 4.78 is 0. The minimum atomic E-state index is -0.0356. The van der Waals surface area contributed by atoms with E-state index in [2.05, 4.69) is 18.9 Å². The number of hydrogen-bond donors (Lipinski definition) is 1. The van der Waals surface area contributed by atoms with Crippen LogP contribution in [0.3, 0.4) is 0 Å². The zero-order chi connectivity index (χ0) is 13.1. The van der Waals surface area contributed by atoms with Crippen molar-refractivity contribution in [3.05, 3.63) is 11.6 Å². The molecule has 3 heteroatoms. The van der Waals surface area contributed by atoms with Gasteiger partial charge in [0.05, 0.1) is 6.61 Å². The van der Waals surface area contributed by atoms with Gasteiger partial charge in [-0.1, -0.05) is 18.4 Å². The number of aliphatic hydroxyl groups is 1. The lowest BCUT2D eigenvalue weighted by Gasteiger charge is -2.47. The van der Waals surface area contributed by atoms with Gasteiger partial charge in [-0.15, -0.1) is 0 Å². The summed E-state index contributed by atoms with van der Waals surface area (Å²) in [5.41, 5.74) is 1.34. The first-order valence-electron chi connectivity index (χ1n) is 7.19. The Hall–Kier alpha value is -0.670. The van der Waals surface area contributed by atoms with Crippen LogP contribution >= 0.6 is 0 Å². The fraction of sp³-hybridized carbons (Fsp3) is 0.800. The molecule has 0 aromatic carbocycles. The minimum absolute atomic E-state index is 0.0356. The van der Waals surface area contributed by atoms with Crippen molar-refractivity contribution in [1.29, 1.82) is 0 Å². The van der Waals surface area contributed by atoms with Crippen molar-refractivity contribution in [1.82, 2.24) is 4.90 Å². The molecule has 0 amide bonds. The molecule has 102 valence electrons. The number of hydrogen-bond acceptors (Lipinski definition) is 3. The molecule has 2 rings (SSSR count). The Morgan fingerprint density at radius 3 is 2.89 bits per heavy atom. The van der Waals surface area contributed by atoms with E-state index < -0.39 is 0 Å². The van der Waals surface area contributed by atoms with Crippen molar-refractivity contribution in [2.24, 2.45) is 5.92 Å². The maximum atomic E-state index is 11.7.